The van der Waals surface area contributed by atoms with E-state index in [1.54, 1.807) is 14.2 Å². The molecule has 3 nitrogen and oxygen atoms in total. The molecule has 0 spiro atoms. The molecule has 1 atom stereocenters. The van der Waals surface area contributed by atoms with Gasteiger partial charge in [0, 0.05) is 6.04 Å². The van der Waals surface area contributed by atoms with Gasteiger partial charge < -0.3 is 15.2 Å². The van der Waals surface area contributed by atoms with Crippen LogP contribution in [0.2, 0.25) is 0 Å². The largest absolute Gasteiger partial charge is 0.495 e. The monoisotopic (exact) mass is 299 g/mol. The van der Waals surface area contributed by atoms with Gasteiger partial charge in [-0.05, 0) is 47.0 Å². The van der Waals surface area contributed by atoms with Gasteiger partial charge in [0.1, 0.15) is 16.0 Å². The van der Waals surface area contributed by atoms with Gasteiger partial charge in [-0.1, -0.05) is 5.57 Å². The third-order valence-electron chi connectivity index (χ3n) is 2.46. The molecular weight excluding hydrogens is 282 g/mol. The van der Waals surface area contributed by atoms with Crippen molar-refractivity contribution in [3.05, 3.63) is 34.3 Å². The molecule has 0 saturated heterocycles. The maximum Gasteiger partial charge on any atom is 0.137 e. The summed E-state index contributed by atoms with van der Waals surface area (Å²) in [5.41, 5.74) is 8.14. The normalized spacial score (nSPS) is 12.1. The molecule has 2 N–H and O–H groups in total. The van der Waals surface area contributed by atoms with Crippen molar-refractivity contribution < 1.29 is 9.47 Å². The van der Waals surface area contributed by atoms with Gasteiger partial charge in [-0.2, -0.15) is 0 Å². The van der Waals surface area contributed by atoms with E-state index in [4.69, 9.17) is 15.2 Å². The Labute approximate surface area is 111 Å². The molecule has 0 fully saturated rings. The van der Waals surface area contributed by atoms with Crippen LogP contribution in [0, 0.1) is 0 Å². The minimum absolute atomic E-state index is 0.0941. The van der Waals surface area contributed by atoms with E-state index < -0.39 is 0 Å². The van der Waals surface area contributed by atoms with Gasteiger partial charge in [-0.25, -0.2) is 0 Å². The highest BCUT2D eigenvalue weighted by atomic mass is 79.9. The van der Waals surface area contributed by atoms with E-state index in [1.165, 1.54) is 0 Å². The highest BCUT2D eigenvalue weighted by molar-refractivity contribution is 9.10. The van der Waals surface area contributed by atoms with Crippen LogP contribution >= 0.6 is 15.9 Å². The summed E-state index contributed by atoms with van der Waals surface area (Å²) in [4.78, 5) is 0. The zero-order valence-corrected chi connectivity index (χ0v) is 12.0. The van der Waals surface area contributed by atoms with Gasteiger partial charge in [-0.15, -0.1) is 6.58 Å². The first-order chi connectivity index (χ1) is 7.99. The van der Waals surface area contributed by atoms with Gasteiger partial charge >= 0.3 is 0 Å². The molecule has 0 aliphatic rings. The van der Waals surface area contributed by atoms with E-state index in [1.807, 2.05) is 19.1 Å². The first-order valence-electron chi connectivity index (χ1n) is 5.31. The Morgan fingerprint density at radius 3 is 2.18 bits per heavy atom. The van der Waals surface area contributed by atoms with Crippen LogP contribution in [0.1, 0.15) is 24.9 Å². The predicted octanol–water partition coefficient (Wildman–Crippen LogP) is 3.43. The van der Waals surface area contributed by atoms with Crippen LogP contribution in [0.3, 0.4) is 0 Å². The van der Waals surface area contributed by atoms with E-state index in [0.717, 1.165) is 33.5 Å². The van der Waals surface area contributed by atoms with Crippen LogP contribution < -0.4 is 15.2 Å². The summed E-state index contributed by atoms with van der Waals surface area (Å²) in [6.45, 7) is 5.84. The second kappa shape index (κ2) is 6.07. The highest BCUT2D eigenvalue weighted by Gasteiger charge is 2.14. The number of halogens is 1. The lowest BCUT2D eigenvalue weighted by Crippen LogP contribution is -2.11. The SMILES string of the molecule is C=C(C)C[C@H](N)c1cc(OC)c(Br)c(OC)c1. The van der Waals surface area contributed by atoms with Crippen LogP contribution in [0.4, 0.5) is 0 Å². The zero-order chi connectivity index (χ0) is 13.0. The van der Waals surface area contributed by atoms with E-state index in [2.05, 4.69) is 22.5 Å². The Morgan fingerprint density at radius 1 is 1.35 bits per heavy atom. The molecular formula is C13H18BrNO2. The molecule has 0 unspecified atom stereocenters. The van der Waals surface area contributed by atoms with E-state index in [9.17, 15) is 0 Å². The zero-order valence-electron chi connectivity index (χ0n) is 10.4. The third kappa shape index (κ3) is 3.48. The number of benzene rings is 1. The summed E-state index contributed by atoms with van der Waals surface area (Å²) in [5, 5.41) is 0. The molecule has 0 bridgehead atoms. The number of rotatable bonds is 5. The molecule has 0 aromatic heterocycles. The number of methoxy groups -OCH3 is 2. The molecule has 1 aromatic carbocycles. The van der Waals surface area contributed by atoms with Crippen molar-refractivity contribution in [2.24, 2.45) is 5.73 Å². The Hall–Kier alpha value is -1.00. The van der Waals surface area contributed by atoms with Crippen molar-refractivity contribution in [1.82, 2.24) is 0 Å². The topological polar surface area (TPSA) is 44.5 Å². The predicted molar refractivity (Wildman–Crippen MR) is 73.6 cm³/mol. The Balaban J connectivity index is 3.12. The summed E-state index contributed by atoms with van der Waals surface area (Å²) in [6.07, 6.45) is 0.744. The molecule has 0 radical (unpaired) electrons. The van der Waals surface area contributed by atoms with Gasteiger partial charge in [0.2, 0.25) is 0 Å². The highest BCUT2D eigenvalue weighted by Crippen LogP contribution is 2.37. The van der Waals surface area contributed by atoms with E-state index in [0.29, 0.717) is 0 Å². The third-order valence-corrected chi connectivity index (χ3v) is 3.25. The van der Waals surface area contributed by atoms with Crippen LogP contribution in [-0.2, 0) is 0 Å². The Morgan fingerprint density at radius 2 is 1.82 bits per heavy atom. The first kappa shape index (κ1) is 14.1. The lowest BCUT2D eigenvalue weighted by Gasteiger charge is -2.16. The van der Waals surface area contributed by atoms with Crippen LogP contribution in [-0.4, -0.2) is 14.2 Å². The fourth-order valence-electron chi connectivity index (χ4n) is 1.60. The molecule has 0 amide bonds. The summed E-state index contributed by atoms with van der Waals surface area (Å²) in [6, 6.07) is 3.74. The molecule has 1 rings (SSSR count). The van der Waals surface area contributed by atoms with Crippen LogP contribution in [0.15, 0.2) is 28.8 Å². The molecule has 17 heavy (non-hydrogen) atoms. The smallest absolute Gasteiger partial charge is 0.137 e. The van der Waals surface area contributed by atoms with Crippen molar-refractivity contribution in [2.45, 2.75) is 19.4 Å². The van der Waals surface area contributed by atoms with Gasteiger partial charge in [0.25, 0.3) is 0 Å². The van der Waals surface area contributed by atoms with Crippen molar-refractivity contribution in [1.29, 1.82) is 0 Å². The van der Waals surface area contributed by atoms with Crippen molar-refractivity contribution >= 4 is 15.9 Å². The standard InChI is InChI=1S/C13H18BrNO2/c1-8(2)5-10(15)9-6-11(16-3)13(14)12(7-9)17-4/h6-7,10H,1,5,15H2,2-4H3/t10-/m0/s1. The average Bonchev–Trinajstić information content (AvgIpc) is 2.28. The lowest BCUT2D eigenvalue weighted by atomic mass is 10.0. The van der Waals surface area contributed by atoms with E-state index in [-0.39, 0.29) is 6.04 Å². The maximum absolute atomic E-state index is 6.11. The summed E-state index contributed by atoms with van der Waals surface area (Å²) >= 11 is 3.43. The quantitative estimate of drug-likeness (QED) is 0.847. The molecule has 1 aromatic rings. The Kier molecular flexibility index (Phi) is 5.02. The number of hydrogen-bond donors (Lipinski definition) is 1. The van der Waals surface area contributed by atoms with Crippen LogP contribution in [0.25, 0.3) is 0 Å². The average molecular weight is 300 g/mol. The van der Waals surface area contributed by atoms with Gasteiger partial charge in [-0.3, -0.25) is 0 Å². The van der Waals surface area contributed by atoms with Crippen molar-refractivity contribution in [2.75, 3.05) is 14.2 Å². The summed E-state index contributed by atoms with van der Waals surface area (Å²) in [7, 11) is 3.24. The fraction of sp³-hybridized carbons (Fsp3) is 0.385. The van der Waals surface area contributed by atoms with Gasteiger partial charge in [0.05, 0.1) is 14.2 Å². The molecule has 0 aliphatic carbocycles. The Bertz CT molecular complexity index is 393. The van der Waals surface area contributed by atoms with Crippen LogP contribution in [0.5, 0.6) is 11.5 Å². The van der Waals surface area contributed by atoms with E-state index >= 15 is 0 Å². The number of ether oxygens (including phenoxy) is 2. The summed E-state index contributed by atoms with van der Waals surface area (Å²) < 4.78 is 11.4. The lowest BCUT2D eigenvalue weighted by molar-refractivity contribution is 0.388. The number of nitrogens with two attached hydrogens (primary N) is 1. The minimum Gasteiger partial charge on any atom is -0.495 e. The molecule has 0 heterocycles. The molecule has 94 valence electrons. The second-order valence-electron chi connectivity index (χ2n) is 4.01. The summed E-state index contributed by atoms with van der Waals surface area (Å²) in [5.74, 6) is 1.44. The molecule has 0 saturated carbocycles. The first-order valence-corrected chi connectivity index (χ1v) is 6.10. The maximum atomic E-state index is 6.11. The number of hydrogen-bond acceptors (Lipinski definition) is 3. The minimum atomic E-state index is -0.0941. The fourth-order valence-corrected chi connectivity index (χ4v) is 2.15. The van der Waals surface area contributed by atoms with Crippen molar-refractivity contribution in [3.8, 4) is 11.5 Å². The van der Waals surface area contributed by atoms with Crippen molar-refractivity contribution in [3.63, 3.8) is 0 Å². The molecule has 4 heteroatoms. The van der Waals surface area contributed by atoms with Gasteiger partial charge in [0.15, 0.2) is 0 Å². The second-order valence-corrected chi connectivity index (χ2v) is 4.80. The molecule has 0 aliphatic heterocycles.